The second kappa shape index (κ2) is 6.01. The molecule has 7 nitrogen and oxygen atoms in total. The molecule has 2 aliphatic heterocycles. The Labute approximate surface area is 128 Å². The maximum Gasteiger partial charge on any atom is 0.231 e. The number of carbonyl (C=O) groups is 1. The summed E-state index contributed by atoms with van der Waals surface area (Å²) in [5, 5.41) is 6.34. The van der Waals surface area contributed by atoms with Crippen LogP contribution in [0.15, 0.2) is 0 Å². The molecule has 8 heteroatoms. The van der Waals surface area contributed by atoms with E-state index in [0.29, 0.717) is 24.2 Å². The summed E-state index contributed by atoms with van der Waals surface area (Å²) in [6.07, 6.45) is 2.44. The van der Waals surface area contributed by atoms with Crippen molar-refractivity contribution in [3.63, 3.8) is 0 Å². The standard InChI is InChI=1S/C13H19ClN6O/c1-2-15-12-17-11(14)18-13(19-12)20-6-5-9-8(7-20)3-4-10(21)16-9/h8-9H,2-7H2,1H3,(H,16,21)(H,15,17,18,19). The third-order valence-corrected chi connectivity index (χ3v) is 4.21. The number of piperidine rings is 2. The number of carbonyl (C=O) groups excluding carboxylic acids is 1. The Morgan fingerprint density at radius 1 is 1.38 bits per heavy atom. The molecule has 2 unspecified atom stereocenters. The topological polar surface area (TPSA) is 83.0 Å². The molecule has 0 radical (unpaired) electrons. The van der Waals surface area contributed by atoms with Gasteiger partial charge >= 0.3 is 0 Å². The molecule has 114 valence electrons. The summed E-state index contributed by atoms with van der Waals surface area (Å²) in [4.78, 5) is 26.3. The minimum absolute atomic E-state index is 0.169. The Bertz CT molecular complexity index is 539. The van der Waals surface area contributed by atoms with E-state index in [9.17, 15) is 4.79 Å². The molecule has 0 aromatic carbocycles. The number of amides is 1. The third-order valence-electron chi connectivity index (χ3n) is 4.04. The lowest BCUT2D eigenvalue weighted by Gasteiger charge is -2.41. The number of rotatable bonds is 3. The molecule has 0 spiro atoms. The normalized spacial score (nSPS) is 25.2. The molecular weight excluding hydrogens is 292 g/mol. The van der Waals surface area contributed by atoms with Crippen molar-refractivity contribution in [1.82, 2.24) is 20.3 Å². The number of nitrogens with zero attached hydrogens (tertiary/aromatic N) is 4. The van der Waals surface area contributed by atoms with Crippen molar-refractivity contribution >= 4 is 29.4 Å². The molecule has 0 aliphatic carbocycles. The minimum atomic E-state index is 0.169. The molecule has 2 aliphatic rings. The van der Waals surface area contributed by atoms with Crippen LogP contribution in [0.25, 0.3) is 0 Å². The predicted molar refractivity (Wildman–Crippen MR) is 80.5 cm³/mol. The van der Waals surface area contributed by atoms with Gasteiger partial charge in [-0.1, -0.05) is 0 Å². The van der Waals surface area contributed by atoms with Crippen molar-refractivity contribution < 1.29 is 4.79 Å². The highest BCUT2D eigenvalue weighted by Gasteiger charge is 2.34. The predicted octanol–water partition coefficient (Wildman–Crippen LogP) is 1.06. The zero-order chi connectivity index (χ0) is 14.8. The van der Waals surface area contributed by atoms with Crippen LogP contribution >= 0.6 is 11.6 Å². The average molecular weight is 311 g/mol. The quantitative estimate of drug-likeness (QED) is 0.868. The van der Waals surface area contributed by atoms with Gasteiger partial charge in [0.25, 0.3) is 0 Å². The van der Waals surface area contributed by atoms with Crippen LogP contribution in [0.5, 0.6) is 0 Å². The van der Waals surface area contributed by atoms with Gasteiger partial charge in [-0.3, -0.25) is 4.79 Å². The number of anilines is 2. The average Bonchev–Trinajstić information content (AvgIpc) is 2.46. The van der Waals surface area contributed by atoms with Crippen LogP contribution in [0, 0.1) is 5.92 Å². The second-order valence-electron chi connectivity index (χ2n) is 5.47. The number of hydrogen-bond acceptors (Lipinski definition) is 6. The summed E-state index contributed by atoms with van der Waals surface area (Å²) in [7, 11) is 0. The number of fused-ring (bicyclic) bond motifs is 1. The van der Waals surface area contributed by atoms with Crippen molar-refractivity contribution in [1.29, 1.82) is 0 Å². The maximum absolute atomic E-state index is 11.4. The van der Waals surface area contributed by atoms with E-state index in [1.165, 1.54) is 0 Å². The minimum Gasteiger partial charge on any atom is -0.354 e. The highest BCUT2D eigenvalue weighted by Crippen LogP contribution is 2.27. The van der Waals surface area contributed by atoms with Crippen LogP contribution in [0.2, 0.25) is 5.28 Å². The molecule has 2 fully saturated rings. The monoisotopic (exact) mass is 310 g/mol. The number of hydrogen-bond donors (Lipinski definition) is 2. The van der Waals surface area contributed by atoms with Gasteiger partial charge in [0, 0.05) is 32.1 Å². The van der Waals surface area contributed by atoms with Crippen LogP contribution in [-0.4, -0.2) is 46.5 Å². The van der Waals surface area contributed by atoms with Crippen molar-refractivity contribution in [3.05, 3.63) is 5.28 Å². The Hall–Kier alpha value is -1.63. The summed E-state index contributed by atoms with van der Waals surface area (Å²) in [5.41, 5.74) is 0. The van der Waals surface area contributed by atoms with Crippen molar-refractivity contribution in [2.45, 2.75) is 32.2 Å². The van der Waals surface area contributed by atoms with Gasteiger partial charge in [-0.25, -0.2) is 0 Å². The fourth-order valence-electron chi connectivity index (χ4n) is 3.01. The SMILES string of the molecule is CCNc1nc(Cl)nc(N2CCC3NC(=O)CCC3C2)n1. The van der Waals surface area contributed by atoms with Gasteiger partial charge in [0.2, 0.25) is 23.1 Å². The molecule has 1 aromatic heterocycles. The zero-order valence-electron chi connectivity index (χ0n) is 12.0. The molecule has 21 heavy (non-hydrogen) atoms. The molecule has 0 saturated carbocycles. The van der Waals surface area contributed by atoms with Crippen LogP contribution in [-0.2, 0) is 4.79 Å². The zero-order valence-corrected chi connectivity index (χ0v) is 12.7. The first-order valence-corrected chi connectivity index (χ1v) is 7.73. The van der Waals surface area contributed by atoms with E-state index in [0.717, 1.165) is 32.5 Å². The summed E-state index contributed by atoms with van der Waals surface area (Å²) in [6.45, 7) is 4.37. The van der Waals surface area contributed by atoms with Crippen LogP contribution < -0.4 is 15.5 Å². The molecule has 1 amide bonds. The van der Waals surface area contributed by atoms with E-state index in [2.05, 4.69) is 30.5 Å². The Balaban J connectivity index is 1.74. The van der Waals surface area contributed by atoms with Crippen molar-refractivity contribution in [2.75, 3.05) is 29.9 Å². The molecular formula is C13H19ClN6O. The molecule has 2 N–H and O–H groups in total. The first kappa shape index (κ1) is 14.3. The molecule has 2 atom stereocenters. The third kappa shape index (κ3) is 3.18. The maximum atomic E-state index is 11.4. The van der Waals surface area contributed by atoms with Gasteiger partial charge in [-0.15, -0.1) is 0 Å². The van der Waals surface area contributed by atoms with Gasteiger partial charge in [-0.2, -0.15) is 15.0 Å². The fraction of sp³-hybridized carbons (Fsp3) is 0.692. The van der Waals surface area contributed by atoms with Gasteiger partial charge in [-0.05, 0) is 37.3 Å². The number of nitrogens with one attached hydrogen (secondary N) is 2. The van der Waals surface area contributed by atoms with E-state index in [-0.39, 0.29) is 17.2 Å². The summed E-state index contributed by atoms with van der Waals surface area (Å²) in [5.74, 6) is 1.74. The molecule has 3 rings (SSSR count). The van der Waals surface area contributed by atoms with Crippen molar-refractivity contribution in [2.24, 2.45) is 5.92 Å². The van der Waals surface area contributed by atoms with Crippen molar-refractivity contribution in [3.8, 4) is 0 Å². The van der Waals surface area contributed by atoms with E-state index < -0.39 is 0 Å². The number of halogens is 1. The molecule has 3 heterocycles. The Morgan fingerprint density at radius 3 is 3.05 bits per heavy atom. The van der Waals surface area contributed by atoms with Crippen LogP contribution in [0.3, 0.4) is 0 Å². The summed E-state index contributed by atoms with van der Waals surface area (Å²) in [6, 6.07) is 0.285. The largest absolute Gasteiger partial charge is 0.354 e. The van der Waals surface area contributed by atoms with E-state index >= 15 is 0 Å². The summed E-state index contributed by atoms with van der Waals surface area (Å²) < 4.78 is 0. The molecule has 2 saturated heterocycles. The fourth-order valence-corrected chi connectivity index (χ4v) is 3.17. The highest BCUT2D eigenvalue weighted by atomic mass is 35.5. The van der Waals surface area contributed by atoms with E-state index in [1.807, 2.05) is 6.92 Å². The summed E-state index contributed by atoms with van der Waals surface area (Å²) >= 11 is 5.98. The smallest absolute Gasteiger partial charge is 0.231 e. The van der Waals surface area contributed by atoms with Crippen LogP contribution in [0.1, 0.15) is 26.2 Å². The van der Waals surface area contributed by atoms with E-state index in [1.54, 1.807) is 0 Å². The highest BCUT2D eigenvalue weighted by molar-refractivity contribution is 6.28. The second-order valence-corrected chi connectivity index (χ2v) is 5.80. The Kier molecular flexibility index (Phi) is 4.10. The van der Waals surface area contributed by atoms with E-state index in [4.69, 9.17) is 11.6 Å². The Morgan fingerprint density at radius 2 is 2.24 bits per heavy atom. The number of aromatic nitrogens is 3. The molecule has 1 aromatic rings. The first-order valence-electron chi connectivity index (χ1n) is 7.35. The van der Waals surface area contributed by atoms with Crippen LogP contribution in [0.4, 0.5) is 11.9 Å². The van der Waals surface area contributed by atoms with Gasteiger partial charge in [0.15, 0.2) is 0 Å². The first-order chi connectivity index (χ1) is 10.2. The lowest BCUT2D eigenvalue weighted by molar-refractivity contribution is -0.124. The van der Waals surface area contributed by atoms with Gasteiger partial charge in [0.05, 0.1) is 0 Å². The lowest BCUT2D eigenvalue weighted by Crippen LogP contribution is -2.54. The van der Waals surface area contributed by atoms with Gasteiger partial charge in [0.1, 0.15) is 0 Å². The molecule has 0 bridgehead atoms. The lowest BCUT2D eigenvalue weighted by atomic mass is 9.85. The van der Waals surface area contributed by atoms with Gasteiger partial charge < -0.3 is 15.5 Å².